The maximum atomic E-state index is 12.2. The Morgan fingerprint density at radius 2 is 2.07 bits per heavy atom. The van der Waals surface area contributed by atoms with Crippen LogP contribution in [0.15, 0.2) is 68.3 Å². The first-order valence-electron chi connectivity index (χ1n) is 8.86. The van der Waals surface area contributed by atoms with Gasteiger partial charge < -0.3 is 4.42 Å². The van der Waals surface area contributed by atoms with E-state index in [4.69, 9.17) is 4.42 Å². The highest BCUT2D eigenvalue weighted by molar-refractivity contribution is 7.98. The molecule has 0 aliphatic carbocycles. The molecule has 4 heterocycles. The molecule has 0 aliphatic heterocycles. The molecule has 0 saturated carbocycles. The van der Waals surface area contributed by atoms with Gasteiger partial charge in [0.1, 0.15) is 17.0 Å². The molecule has 5 rings (SSSR count). The Kier molecular flexibility index (Phi) is 4.53. The number of benzene rings is 1. The molecule has 0 fully saturated rings. The minimum Gasteiger partial charge on any atom is -0.441 e. The number of oxazole rings is 1. The Balaban J connectivity index is 1.45. The number of hydrogen-bond donors (Lipinski definition) is 1. The van der Waals surface area contributed by atoms with E-state index >= 15 is 0 Å². The van der Waals surface area contributed by atoms with Gasteiger partial charge in [-0.1, -0.05) is 36.0 Å². The van der Waals surface area contributed by atoms with Crippen molar-refractivity contribution in [1.29, 1.82) is 0 Å². The molecule has 4 aromatic heterocycles. The smallest absolute Gasteiger partial charge is 0.290 e. The second-order valence-electron chi connectivity index (χ2n) is 6.32. The van der Waals surface area contributed by atoms with Gasteiger partial charge in [0.25, 0.3) is 5.56 Å². The molecule has 0 spiro atoms. The molecule has 7 nitrogen and oxygen atoms in total. The van der Waals surface area contributed by atoms with Crippen LogP contribution < -0.4 is 5.56 Å². The van der Waals surface area contributed by atoms with Gasteiger partial charge in [0, 0.05) is 11.3 Å². The van der Waals surface area contributed by atoms with Crippen LogP contribution in [0, 0.1) is 6.92 Å². The lowest BCUT2D eigenvalue weighted by molar-refractivity contribution is 0.540. The fraction of sp³-hybridized carbons (Fsp3) is 0.100. The number of rotatable bonds is 5. The minimum absolute atomic E-state index is 0.270. The maximum Gasteiger partial charge on any atom is 0.290 e. The topological polar surface area (TPSA) is 89.1 Å². The third kappa shape index (κ3) is 3.39. The van der Waals surface area contributed by atoms with Crippen molar-refractivity contribution in [2.24, 2.45) is 0 Å². The highest BCUT2D eigenvalue weighted by Gasteiger charge is 2.16. The van der Waals surface area contributed by atoms with E-state index in [1.807, 2.05) is 54.8 Å². The highest BCUT2D eigenvalue weighted by atomic mass is 32.2. The van der Waals surface area contributed by atoms with E-state index in [0.29, 0.717) is 22.3 Å². The Hall–Kier alpha value is -3.17. The third-order valence-electron chi connectivity index (χ3n) is 4.40. The standard InChI is InChI=1S/C20H15N5O2S2/c1-12-15(21-19(27-12)13-6-3-2-4-7-13)11-29-20-23-22-18(26)16-10-14(24-25(16)20)17-8-5-9-28-17/h2-10H,11H2,1H3,(H,22,26). The molecule has 9 heteroatoms. The fourth-order valence-corrected chi connectivity index (χ4v) is 4.52. The molecule has 0 saturated heterocycles. The Bertz CT molecular complexity index is 1340. The van der Waals surface area contributed by atoms with Crippen LogP contribution in [0.4, 0.5) is 0 Å². The van der Waals surface area contributed by atoms with Gasteiger partial charge in [-0.2, -0.15) is 5.10 Å². The molecule has 0 aliphatic rings. The number of aromatic nitrogens is 5. The van der Waals surface area contributed by atoms with Gasteiger partial charge in [-0.15, -0.1) is 16.4 Å². The van der Waals surface area contributed by atoms with Gasteiger partial charge >= 0.3 is 0 Å². The maximum absolute atomic E-state index is 12.2. The highest BCUT2D eigenvalue weighted by Crippen LogP contribution is 2.28. The summed E-state index contributed by atoms with van der Waals surface area (Å²) in [6, 6.07) is 15.5. The average Bonchev–Trinajstić information content (AvgIpc) is 3.48. The lowest BCUT2D eigenvalue weighted by atomic mass is 10.2. The van der Waals surface area contributed by atoms with Gasteiger partial charge in [-0.3, -0.25) is 4.79 Å². The second-order valence-corrected chi connectivity index (χ2v) is 8.21. The molecular formula is C20H15N5O2S2. The van der Waals surface area contributed by atoms with Crippen LogP contribution in [0.25, 0.3) is 27.5 Å². The van der Waals surface area contributed by atoms with E-state index < -0.39 is 0 Å². The molecule has 5 aromatic rings. The summed E-state index contributed by atoms with van der Waals surface area (Å²) < 4.78 is 7.41. The lowest BCUT2D eigenvalue weighted by Gasteiger charge is -2.01. The summed E-state index contributed by atoms with van der Waals surface area (Å²) in [5.41, 5.74) is 2.72. The number of thiophene rings is 1. The van der Waals surface area contributed by atoms with Crippen LogP contribution in [0.5, 0.6) is 0 Å². The summed E-state index contributed by atoms with van der Waals surface area (Å²) in [6.45, 7) is 1.90. The summed E-state index contributed by atoms with van der Waals surface area (Å²) in [4.78, 5) is 17.8. The zero-order valence-corrected chi connectivity index (χ0v) is 17.0. The second kappa shape index (κ2) is 7.34. The molecular weight excluding hydrogens is 406 g/mol. The SMILES string of the molecule is Cc1oc(-c2ccccc2)nc1CSc1n[nH]c(=O)c2cc(-c3cccs3)nn12. The molecule has 29 heavy (non-hydrogen) atoms. The van der Waals surface area contributed by atoms with E-state index in [2.05, 4.69) is 20.3 Å². The van der Waals surface area contributed by atoms with Gasteiger partial charge in [-0.25, -0.2) is 14.6 Å². The van der Waals surface area contributed by atoms with Crippen molar-refractivity contribution in [3.8, 4) is 22.0 Å². The number of aromatic amines is 1. The quantitative estimate of drug-likeness (QED) is 0.423. The van der Waals surface area contributed by atoms with Crippen LogP contribution in [-0.4, -0.2) is 24.8 Å². The van der Waals surface area contributed by atoms with Crippen molar-refractivity contribution in [3.63, 3.8) is 0 Å². The first kappa shape index (κ1) is 17.9. The number of nitrogens with zero attached hydrogens (tertiary/aromatic N) is 4. The minimum atomic E-state index is -0.270. The van der Waals surface area contributed by atoms with Crippen molar-refractivity contribution in [2.45, 2.75) is 17.8 Å². The van der Waals surface area contributed by atoms with Crippen molar-refractivity contribution < 1.29 is 4.42 Å². The number of H-pyrrole nitrogens is 1. The number of hydrogen-bond acceptors (Lipinski definition) is 7. The number of thioether (sulfide) groups is 1. The Morgan fingerprint density at radius 3 is 2.86 bits per heavy atom. The van der Waals surface area contributed by atoms with E-state index in [-0.39, 0.29) is 5.56 Å². The van der Waals surface area contributed by atoms with Crippen LogP contribution in [0.3, 0.4) is 0 Å². The molecule has 1 aromatic carbocycles. The number of nitrogens with one attached hydrogen (secondary N) is 1. The van der Waals surface area contributed by atoms with E-state index in [0.717, 1.165) is 27.6 Å². The first-order chi connectivity index (χ1) is 14.2. The Labute approximate surface area is 173 Å². The summed E-state index contributed by atoms with van der Waals surface area (Å²) in [5.74, 6) is 1.90. The lowest BCUT2D eigenvalue weighted by Crippen LogP contribution is -2.13. The van der Waals surface area contributed by atoms with Gasteiger partial charge in [0.15, 0.2) is 0 Å². The van der Waals surface area contributed by atoms with Gasteiger partial charge in [-0.05, 0) is 36.6 Å². The molecule has 0 atom stereocenters. The summed E-state index contributed by atoms with van der Waals surface area (Å²) >= 11 is 3.02. The molecule has 0 unspecified atom stereocenters. The van der Waals surface area contributed by atoms with Crippen LogP contribution >= 0.6 is 23.1 Å². The normalized spacial score (nSPS) is 11.3. The van der Waals surface area contributed by atoms with Crippen molar-refractivity contribution in [3.05, 3.63) is 75.7 Å². The molecule has 1 N–H and O–H groups in total. The van der Waals surface area contributed by atoms with Gasteiger partial charge in [0.2, 0.25) is 11.0 Å². The van der Waals surface area contributed by atoms with Crippen LogP contribution in [0.2, 0.25) is 0 Å². The third-order valence-corrected chi connectivity index (χ3v) is 6.23. The van der Waals surface area contributed by atoms with Crippen molar-refractivity contribution in [2.75, 3.05) is 0 Å². The van der Waals surface area contributed by atoms with Crippen LogP contribution in [-0.2, 0) is 5.75 Å². The van der Waals surface area contributed by atoms with Crippen LogP contribution in [0.1, 0.15) is 11.5 Å². The largest absolute Gasteiger partial charge is 0.441 e. The predicted octanol–water partition coefficient (Wildman–Crippen LogP) is 4.40. The summed E-state index contributed by atoms with van der Waals surface area (Å²) in [7, 11) is 0. The van der Waals surface area contributed by atoms with Crippen molar-refractivity contribution in [1.82, 2.24) is 24.8 Å². The van der Waals surface area contributed by atoms with E-state index in [1.165, 1.54) is 11.8 Å². The zero-order chi connectivity index (χ0) is 19.8. The monoisotopic (exact) mass is 421 g/mol. The first-order valence-corrected chi connectivity index (χ1v) is 10.7. The molecule has 0 bridgehead atoms. The van der Waals surface area contributed by atoms with E-state index in [9.17, 15) is 4.79 Å². The summed E-state index contributed by atoms with van der Waals surface area (Å²) in [5, 5.41) is 13.9. The summed E-state index contributed by atoms with van der Waals surface area (Å²) in [6.07, 6.45) is 0. The van der Waals surface area contributed by atoms with Crippen molar-refractivity contribution >= 4 is 28.6 Å². The van der Waals surface area contributed by atoms with E-state index in [1.54, 1.807) is 21.9 Å². The fourth-order valence-electron chi connectivity index (χ4n) is 2.93. The average molecular weight is 422 g/mol. The Morgan fingerprint density at radius 1 is 1.21 bits per heavy atom. The number of fused-ring (bicyclic) bond motifs is 1. The van der Waals surface area contributed by atoms with Gasteiger partial charge in [0.05, 0.1) is 10.6 Å². The predicted molar refractivity (Wildman–Crippen MR) is 113 cm³/mol. The molecule has 0 radical (unpaired) electrons. The molecule has 0 amide bonds. The zero-order valence-electron chi connectivity index (χ0n) is 15.3. The molecule has 144 valence electrons. The number of aryl methyl sites for hydroxylation is 1.